The Balaban J connectivity index is 2.57. The summed E-state index contributed by atoms with van der Waals surface area (Å²) in [5.41, 5.74) is 1.26. The van der Waals surface area contributed by atoms with E-state index in [0.717, 1.165) is 6.54 Å². The molecular formula is C13H21NO2. The van der Waals surface area contributed by atoms with E-state index in [1.807, 2.05) is 18.2 Å². The standard InChI is InChI=1S/C13H21NO2/c1-12(11-16-2)14(8-9-15)10-13-6-4-3-5-7-13/h3-7,12,15H,8-11H2,1-2H3. The zero-order valence-corrected chi connectivity index (χ0v) is 10.1. The van der Waals surface area contributed by atoms with Crippen LogP contribution < -0.4 is 0 Å². The molecule has 1 unspecified atom stereocenters. The van der Waals surface area contributed by atoms with E-state index in [9.17, 15) is 0 Å². The lowest BCUT2D eigenvalue weighted by atomic mass is 10.2. The van der Waals surface area contributed by atoms with Gasteiger partial charge in [0.05, 0.1) is 13.2 Å². The summed E-state index contributed by atoms with van der Waals surface area (Å²) in [6.07, 6.45) is 0. The molecule has 0 saturated carbocycles. The topological polar surface area (TPSA) is 32.7 Å². The molecule has 90 valence electrons. The summed E-state index contributed by atoms with van der Waals surface area (Å²) in [7, 11) is 1.70. The van der Waals surface area contributed by atoms with Gasteiger partial charge in [-0.25, -0.2) is 0 Å². The van der Waals surface area contributed by atoms with E-state index < -0.39 is 0 Å². The summed E-state index contributed by atoms with van der Waals surface area (Å²) in [4.78, 5) is 2.22. The van der Waals surface area contributed by atoms with E-state index in [0.29, 0.717) is 19.2 Å². The van der Waals surface area contributed by atoms with Crippen molar-refractivity contribution in [3.05, 3.63) is 35.9 Å². The zero-order valence-electron chi connectivity index (χ0n) is 10.1. The van der Waals surface area contributed by atoms with Crippen LogP contribution in [-0.2, 0) is 11.3 Å². The van der Waals surface area contributed by atoms with Gasteiger partial charge in [-0.15, -0.1) is 0 Å². The highest BCUT2D eigenvalue weighted by molar-refractivity contribution is 5.14. The van der Waals surface area contributed by atoms with E-state index in [2.05, 4.69) is 24.0 Å². The molecule has 0 aliphatic heterocycles. The van der Waals surface area contributed by atoms with Gasteiger partial charge in [-0.05, 0) is 12.5 Å². The molecule has 16 heavy (non-hydrogen) atoms. The second kappa shape index (κ2) is 7.39. The molecule has 1 aromatic rings. The minimum Gasteiger partial charge on any atom is -0.395 e. The van der Waals surface area contributed by atoms with E-state index in [1.165, 1.54) is 5.56 Å². The molecule has 0 amide bonds. The first-order chi connectivity index (χ1) is 7.77. The smallest absolute Gasteiger partial charge is 0.0615 e. The van der Waals surface area contributed by atoms with Crippen LogP contribution in [0.3, 0.4) is 0 Å². The van der Waals surface area contributed by atoms with Gasteiger partial charge in [0, 0.05) is 26.2 Å². The van der Waals surface area contributed by atoms with Crippen LogP contribution >= 0.6 is 0 Å². The number of ether oxygens (including phenoxy) is 1. The Morgan fingerprint density at radius 3 is 2.56 bits per heavy atom. The molecule has 1 aromatic carbocycles. The van der Waals surface area contributed by atoms with Crippen molar-refractivity contribution in [3.63, 3.8) is 0 Å². The Hall–Kier alpha value is -0.900. The van der Waals surface area contributed by atoms with E-state index in [-0.39, 0.29) is 6.61 Å². The highest BCUT2D eigenvalue weighted by Crippen LogP contribution is 2.08. The molecule has 0 radical (unpaired) electrons. The van der Waals surface area contributed by atoms with Crippen LogP contribution in [0.4, 0.5) is 0 Å². The molecule has 0 fully saturated rings. The lowest BCUT2D eigenvalue weighted by Crippen LogP contribution is -2.37. The Bertz CT molecular complexity index is 277. The first kappa shape index (κ1) is 13.2. The number of benzene rings is 1. The maximum absolute atomic E-state index is 9.05. The van der Waals surface area contributed by atoms with Gasteiger partial charge in [0.2, 0.25) is 0 Å². The van der Waals surface area contributed by atoms with Crippen molar-refractivity contribution in [3.8, 4) is 0 Å². The van der Waals surface area contributed by atoms with Crippen molar-refractivity contribution in [1.82, 2.24) is 4.90 Å². The third kappa shape index (κ3) is 4.31. The highest BCUT2D eigenvalue weighted by Gasteiger charge is 2.13. The molecule has 0 bridgehead atoms. The van der Waals surface area contributed by atoms with Crippen molar-refractivity contribution in [1.29, 1.82) is 0 Å². The third-order valence-electron chi connectivity index (χ3n) is 2.65. The number of nitrogens with zero attached hydrogens (tertiary/aromatic N) is 1. The number of aliphatic hydroxyl groups is 1. The molecule has 0 aliphatic carbocycles. The molecule has 3 nitrogen and oxygen atoms in total. The Morgan fingerprint density at radius 1 is 1.31 bits per heavy atom. The fraction of sp³-hybridized carbons (Fsp3) is 0.538. The summed E-state index contributed by atoms with van der Waals surface area (Å²) in [5.74, 6) is 0. The fourth-order valence-electron chi connectivity index (χ4n) is 1.75. The summed E-state index contributed by atoms with van der Waals surface area (Å²) in [6, 6.07) is 10.6. The minimum absolute atomic E-state index is 0.181. The van der Waals surface area contributed by atoms with Crippen LogP contribution in [0.5, 0.6) is 0 Å². The minimum atomic E-state index is 0.181. The van der Waals surface area contributed by atoms with Gasteiger partial charge in [0.25, 0.3) is 0 Å². The van der Waals surface area contributed by atoms with Crippen LogP contribution in [0.2, 0.25) is 0 Å². The number of hydrogen-bond donors (Lipinski definition) is 1. The van der Waals surface area contributed by atoms with Gasteiger partial charge >= 0.3 is 0 Å². The van der Waals surface area contributed by atoms with Gasteiger partial charge in [-0.3, -0.25) is 4.90 Å². The molecule has 0 aromatic heterocycles. The molecule has 3 heteroatoms. The summed E-state index contributed by atoms with van der Waals surface area (Å²) in [6.45, 7) is 4.52. The predicted molar refractivity (Wildman–Crippen MR) is 65.3 cm³/mol. The maximum Gasteiger partial charge on any atom is 0.0615 e. The average molecular weight is 223 g/mol. The second-order valence-electron chi connectivity index (χ2n) is 3.98. The van der Waals surface area contributed by atoms with Crippen molar-refractivity contribution in [2.24, 2.45) is 0 Å². The Morgan fingerprint density at radius 2 is 2.00 bits per heavy atom. The molecule has 0 aliphatic rings. The summed E-state index contributed by atoms with van der Waals surface area (Å²) >= 11 is 0. The molecule has 0 saturated heterocycles. The summed E-state index contributed by atoms with van der Waals surface area (Å²) < 4.78 is 5.15. The Kier molecular flexibility index (Phi) is 6.08. The third-order valence-corrected chi connectivity index (χ3v) is 2.65. The molecule has 1 atom stereocenters. The number of hydrogen-bond acceptors (Lipinski definition) is 3. The normalized spacial score (nSPS) is 13.0. The molecule has 1 N–H and O–H groups in total. The molecular weight excluding hydrogens is 202 g/mol. The lowest BCUT2D eigenvalue weighted by molar-refractivity contribution is 0.0805. The number of methoxy groups -OCH3 is 1. The SMILES string of the molecule is COCC(C)N(CCO)Cc1ccccc1. The first-order valence-corrected chi connectivity index (χ1v) is 5.65. The monoisotopic (exact) mass is 223 g/mol. The first-order valence-electron chi connectivity index (χ1n) is 5.65. The number of rotatable bonds is 7. The lowest BCUT2D eigenvalue weighted by Gasteiger charge is -2.27. The van der Waals surface area contributed by atoms with Gasteiger partial charge in [-0.1, -0.05) is 30.3 Å². The van der Waals surface area contributed by atoms with Crippen LogP contribution in [-0.4, -0.2) is 42.9 Å². The number of aliphatic hydroxyl groups excluding tert-OH is 1. The second-order valence-corrected chi connectivity index (χ2v) is 3.98. The quantitative estimate of drug-likeness (QED) is 0.760. The molecule has 1 rings (SSSR count). The Labute approximate surface area is 97.7 Å². The molecule has 0 heterocycles. The van der Waals surface area contributed by atoms with Crippen molar-refractivity contribution >= 4 is 0 Å². The van der Waals surface area contributed by atoms with Crippen LogP contribution in [0.1, 0.15) is 12.5 Å². The average Bonchev–Trinajstić information content (AvgIpc) is 2.30. The van der Waals surface area contributed by atoms with Gasteiger partial charge in [-0.2, -0.15) is 0 Å². The van der Waals surface area contributed by atoms with Crippen molar-refractivity contribution in [2.75, 3.05) is 26.9 Å². The van der Waals surface area contributed by atoms with Gasteiger partial charge < -0.3 is 9.84 Å². The van der Waals surface area contributed by atoms with Gasteiger partial charge in [0.1, 0.15) is 0 Å². The maximum atomic E-state index is 9.05. The van der Waals surface area contributed by atoms with Crippen LogP contribution in [0, 0.1) is 0 Å². The highest BCUT2D eigenvalue weighted by atomic mass is 16.5. The summed E-state index contributed by atoms with van der Waals surface area (Å²) in [5, 5.41) is 9.05. The van der Waals surface area contributed by atoms with E-state index in [1.54, 1.807) is 7.11 Å². The van der Waals surface area contributed by atoms with E-state index in [4.69, 9.17) is 9.84 Å². The van der Waals surface area contributed by atoms with Crippen LogP contribution in [0.25, 0.3) is 0 Å². The van der Waals surface area contributed by atoms with E-state index >= 15 is 0 Å². The van der Waals surface area contributed by atoms with Crippen LogP contribution in [0.15, 0.2) is 30.3 Å². The van der Waals surface area contributed by atoms with Crippen molar-refractivity contribution < 1.29 is 9.84 Å². The van der Waals surface area contributed by atoms with Crippen molar-refractivity contribution in [2.45, 2.75) is 19.5 Å². The largest absolute Gasteiger partial charge is 0.395 e. The van der Waals surface area contributed by atoms with Gasteiger partial charge in [0.15, 0.2) is 0 Å². The fourth-order valence-corrected chi connectivity index (χ4v) is 1.75. The predicted octanol–water partition coefficient (Wildman–Crippen LogP) is 1.52. The molecule has 0 spiro atoms. The zero-order chi connectivity index (χ0) is 11.8.